The summed E-state index contributed by atoms with van der Waals surface area (Å²) in [6, 6.07) is 47.3. The fourth-order valence-electron chi connectivity index (χ4n) is 6.60. The Morgan fingerprint density at radius 3 is 2.10 bits per heavy atom. The number of fused-ring (bicyclic) bond motifs is 6. The minimum absolute atomic E-state index is 0. The summed E-state index contributed by atoms with van der Waals surface area (Å²) in [6.45, 7) is 4.18. The number of furan rings is 1. The van der Waals surface area contributed by atoms with E-state index in [9.17, 15) is 5.26 Å². The van der Waals surface area contributed by atoms with Crippen molar-refractivity contribution in [2.75, 3.05) is 0 Å². The van der Waals surface area contributed by atoms with Gasteiger partial charge in [0, 0.05) is 52.8 Å². The second kappa shape index (κ2) is 14.0. The number of pyridine rings is 2. The largest absolute Gasteiger partial charge is 0.498 e. The van der Waals surface area contributed by atoms with Crippen LogP contribution in [0.15, 0.2) is 138 Å². The first kappa shape index (κ1) is 30.9. The van der Waals surface area contributed by atoms with Crippen LogP contribution in [0.3, 0.4) is 0 Å². The quantitative estimate of drug-likeness (QED) is 0.166. The molecule has 255 valence electrons. The van der Waals surface area contributed by atoms with Gasteiger partial charge in [-0.2, -0.15) is 5.26 Å². The number of hydrogen-bond donors (Lipinski definition) is 0. The zero-order valence-corrected chi connectivity index (χ0v) is 31.1. The smallest absolute Gasteiger partial charge is 0.146 e. The second-order valence-electron chi connectivity index (χ2n) is 13.4. The summed E-state index contributed by atoms with van der Waals surface area (Å²) in [5.41, 5.74) is 8.42. The van der Waals surface area contributed by atoms with E-state index in [-0.39, 0.29) is 31.1 Å². The summed E-state index contributed by atoms with van der Waals surface area (Å²) < 4.78 is 33.3. The first-order valence-corrected chi connectivity index (χ1v) is 16.7. The zero-order valence-electron chi connectivity index (χ0n) is 31.7. The summed E-state index contributed by atoms with van der Waals surface area (Å²) in [5.74, 6) is 0. The van der Waals surface area contributed by atoms with Crippen molar-refractivity contribution in [2.45, 2.75) is 33.0 Å². The van der Waals surface area contributed by atoms with Gasteiger partial charge >= 0.3 is 0 Å². The summed E-state index contributed by atoms with van der Waals surface area (Å²) >= 11 is 0. The van der Waals surface area contributed by atoms with E-state index in [1.54, 1.807) is 18.3 Å². The molecule has 1 radical (unpaired) electrons. The number of nitrogens with zero attached hydrogens (tertiary/aromatic N) is 4. The molecule has 4 heterocycles. The molecule has 0 saturated carbocycles. The van der Waals surface area contributed by atoms with Crippen molar-refractivity contribution < 1.29 is 28.6 Å². The third kappa shape index (κ3) is 6.09. The van der Waals surface area contributed by atoms with E-state index < -0.39 is 6.85 Å². The van der Waals surface area contributed by atoms with Crippen molar-refractivity contribution in [3.8, 4) is 34.3 Å². The van der Waals surface area contributed by atoms with Gasteiger partial charge in [0.1, 0.15) is 17.3 Å². The Hall–Kier alpha value is -5.86. The summed E-state index contributed by atoms with van der Waals surface area (Å²) in [5, 5.41) is 13.4. The van der Waals surface area contributed by atoms with Crippen molar-refractivity contribution in [1.82, 2.24) is 14.5 Å². The van der Waals surface area contributed by atoms with Crippen LogP contribution in [0, 0.1) is 30.3 Å². The van der Waals surface area contributed by atoms with Gasteiger partial charge in [-0.25, -0.2) is 0 Å². The molecule has 0 N–H and O–H groups in total. The molecule has 9 aromatic rings. The molecule has 0 aliphatic rings. The van der Waals surface area contributed by atoms with Gasteiger partial charge in [-0.15, -0.1) is 53.6 Å². The first-order chi connectivity index (χ1) is 26.0. The third-order valence-corrected chi connectivity index (χ3v) is 9.15. The predicted octanol–water partition coefficient (Wildman–Crippen LogP) is 11.6. The van der Waals surface area contributed by atoms with E-state index in [1.165, 1.54) is 11.6 Å². The molecule has 5 nitrogen and oxygen atoms in total. The van der Waals surface area contributed by atoms with Gasteiger partial charge in [0.15, 0.2) is 0 Å². The number of benzene rings is 5. The van der Waals surface area contributed by atoms with Crippen molar-refractivity contribution in [2.24, 2.45) is 0 Å². The first-order valence-electron chi connectivity index (χ1n) is 18.2. The predicted molar refractivity (Wildman–Crippen MR) is 207 cm³/mol. The number of aromatic nitrogens is 3. The Labute approximate surface area is 320 Å². The molecule has 52 heavy (non-hydrogen) atoms. The fraction of sp³-hybridized carbons (Fsp3) is 0.109. The van der Waals surface area contributed by atoms with Crippen LogP contribution < -0.4 is 0 Å². The van der Waals surface area contributed by atoms with Gasteiger partial charge in [0.25, 0.3) is 0 Å². The molecule has 5 aromatic carbocycles. The van der Waals surface area contributed by atoms with Gasteiger partial charge in [-0.05, 0) is 46.6 Å². The van der Waals surface area contributed by atoms with Gasteiger partial charge < -0.3 is 19.0 Å². The number of para-hydroxylation sites is 2. The van der Waals surface area contributed by atoms with Crippen LogP contribution in [0.1, 0.15) is 41.6 Å². The standard InChI is InChI=1S/C31H18N3O.C15H16N.Ir/c1-19-13-15-23(25-10-6-7-17-33-25)30-28(19)24-16-14-20(18-32)29(31(24)35-30)34-26-11-4-2-8-21(26)22-9-3-5-12-27(22)34;1-15(2,3)13-9-10-14(16-11-13)12-7-5-4-6-8-12;/h2-14,16-17H,1H3;4-7,9-11H,1-3H3;/q2*-1;/i1D3;;. The van der Waals surface area contributed by atoms with Crippen molar-refractivity contribution in [3.05, 3.63) is 163 Å². The molecule has 0 aliphatic heterocycles. The number of nitriles is 1. The molecule has 0 bridgehead atoms. The molecule has 0 atom stereocenters. The van der Waals surface area contributed by atoms with Crippen molar-refractivity contribution in [1.29, 1.82) is 5.26 Å². The van der Waals surface area contributed by atoms with Crippen molar-refractivity contribution >= 4 is 43.7 Å². The van der Waals surface area contributed by atoms with Gasteiger partial charge in [0.05, 0.1) is 22.2 Å². The maximum absolute atomic E-state index is 10.2. The maximum atomic E-state index is 10.2. The van der Waals surface area contributed by atoms with Gasteiger partial charge in [-0.3, -0.25) is 0 Å². The second-order valence-corrected chi connectivity index (χ2v) is 13.4. The van der Waals surface area contributed by atoms with Crippen LogP contribution in [0.25, 0.3) is 71.9 Å². The Kier molecular flexibility index (Phi) is 8.35. The van der Waals surface area contributed by atoms with E-state index in [0.29, 0.717) is 44.4 Å². The molecular weight excluding hydrogens is 817 g/mol. The van der Waals surface area contributed by atoms with E-state index in [1.807, 2.05) is 89.6 Å². The van der Waals surface area contributed by atoms with Crippen LogP contribution in [0.2, 0.25) is 0 Å². The molecule has 6 heteroatoms. The zero-order chi connectivity index (χ0) is 37.6. The molecule has 0 unspecified atom stereocenters. The van der Waals surface area contributed by atoms with E-state index in [0.717, 1.165) is 33.1 Å². The molecule has 9 rings (SSSR count). The van der Waals surface area contributed by atoms with Crippen LogP contribution in [-0.2, 0) is 25.5 Å². The Balaban J connectivity index is 0.000000231. The van der Waals surface area contributed by atoms with E-state index in [4.69, 9.17) is 8.53 Å². The van der Waals surface area contributed by atoms with Crippen molar-refractivity contribution in [3.63, 3.8) is 0 Å². The molecule has 0 amide bonds. The van der Waals surface area contributed by atoms with Gasteiger partial charge in [0.2, 0.25) is 0 Å². The number of rotatable bonds is 3. The van der Waals surface area contributed by atoms with E-state index in [2.05, 4.69) is 73.2 Å². The fourth-order valence-corrected chi connectivity index (χ4v) is 6.60. The number of hydrogen-bond acceptors (Lipinski definition) is 4. The Morgan fingerprint density at radius 2 is 1.48 bits per heavy atom. The summed E-state index contributed by atoms with van der Waals surface area (Å²) in [7, 11) is 0. The van der Waals surface area contributed by atoms with Crippen LogP contribution in [0.5, 0.6) is 0 Å². The third-order valence-electron chi connectivity index (χ3n) is 9.15. The molecule has 0 fully saturated rings. The topological polar surface area (TPSA) is 67.6 Å². The molecule has 0 saturated heterocycles. The average Bonchev–Trinajstić information content (AvgIpc) is 3.74. The normalized spacial score (nSPS) is 12.4. The molecular formula is C46H34IrN4O-2. The Bertz CT molecular complexity index is 2800. The molecule has 0 aliphatic carbocycles. The minimum Gasteiger partial charge on any atom is -0.498 e. The molecule has 0 spiro atoms. The monoisotopic (exact) mass is 854 g/mol. The maximum Gasteiger partial charge on any atom is 0.146 e. The minimum atomic E-state index is -2.39. The SMILES string of the molecule is CC(C)(C)c1ccc(-c2[c-]cccc2)nc1.[2H]C([2H])([2H])c1c[c-]c(-c2ccccn2)c2oc3c(-n4c5ccccc5c5ccccc54)c(C#N)ccc3c12.[Ir]. The number of aryl methyl sites for hydroxylation is 1. The summed E-state index contributed by atoms with van der Waals surface area (Å²) in [6.07, 6.45) is 3.63. The van der Waals surface area contributed by atoms with Crippen LogP contribution in [0.4, 0.5) is 0 Å². The average molecular weight is 854 g/mol. The van der Waals surface area contributed by atoms with E-state index >= 15 is 0 Å². The summed E-state index contributed by atoms with van der Waals surface area (Å²) in [4.78, 5) is 8.94. The van der Waals surface area contributed by atoms with Crippen LogP contribution in [-0.4, -0.2) is 14.5 Å². The van der Waals surface area contributed by atoms with Crippen LogP contribution >= 0.6 is 0 Å². The van der Waals surface area contributed by atoms with Gasteiger partial charge in [-0.1, -0.05) is 105 Å². The Morgan fingerprint density at radius 1 is 0.750 bits per heavy atom. The molecule has 4 aromatic heterocycles.